The maximum Gasteiger partial charge on any atom is 0.225 e. The summed E-state index contributed by atoms with van der Waals surface area (Å²) in [5.41, 5.74) is 6.39. The molecule has 1 aromatic rings. The van der Waals surface area contributed by atoms with Crippen LogP contribution >= 0.6 is 23.2 Å². The van der Waals surface area contributed by atoms with E-state index in [2.05, 4.69) is 5.32 Å². The zero-order chi connectivity index (χ0) is 14.4. The summed E-state index contributed by atoms with van der Waals surface area (Å²) in [4.78, 5) is 13.6. The maximum atomic E-state index is 11.8. The van der Waals surface area contributed by atoms with Gasteiger partial charge in [-0.25, -0.2) is 0 Å². The van der Waals surface area contributed by atoms with Crippen LogP contribution in [0.2, 0.25) is 10.0 Å². The van der Waals surface area contributed by atoms with Crippen molar-refractivity contribution in [1.29, 1.82) is 0 Å². The van der Waals surface area contributed by atoms with Crippen LogP contribution in [0.4, 0.5) is 11.4 Å². The molecule has 4 N–H and O–H groups in total. The Bertz CT molecular complexity index is 432. The highest BCUT2D eigenvalue weighted by Gasteiger charge is 2.11. The molecular weight excluding hydrogens is 289 g/mol. The number of likely N-dealkylation sites (N-methyl/N-ethyl adjacent to an activating group) is 1. The smallest absolute Gasteiger partial charge is 0.225 e. The molecule has 0 bridgehead atoms. The second-order valence-electron chi connectivity index (χ2n) is 4.18. The Hall–Kier alpha value is -1.01. The van der Waals surface area contributed by atoms with E-state index in [1.807, 2.05) is 11.9 Å². The molecule has 1 amide bonds. The number of aliphatic hydroxyl groups excluding tert-OH is 1. The van der Waals surface area contributed by atoms with E-state index in [9.17, 15) is 4.79 Å². The molecule has 0 aliphatic carbocycles. The second kappa shape index (κ2) is 7.55. The minimum absolute atomic E-state index is 0.0632. The third kappa shape index (κ3) is 5.24. The van der Waals surface area contributed by atoms with Crippen molar-refractivity contribution in [1.82, 2.24) is 4.90 Å². The molecule has 7 heteroatoms. The molecule has 0 atom stereocenters. The summed E-state index contributed by atoms with van der Waals surface area (Å²) in [7, 11) is 1.83. The molecular formula is C12H17Cl2N3O2. The number of anilines is 2. The normalized spacial score (nSPS) is 10.8. The van der Waals surface area contributed by atoms with Gasteiger partial charge in [0.15, 0.2) is 0 Å². The quantitative estimate of drug-likeness (QED) is 0.701. The first-order valence-corrected chi connectivity index (χ1v) is 6.53. The van der Waals surface area contributed by atoms with E-state index >= 15 is 0 Å². The summed E-state index contributed by atoms with van der Waals surface area (Å²) in [6.45, 7) is 1.13. The number of hydrogen-bond donors (Lipinski definition) is 3. The fraction of sp³-hybridized carbons (Fsp3) is 0.417. The van der Waals surface area contributed by atoms with E-state index in [0.717, 1.165) is 0 Å². The standard InChI is InChI=1S/C12H17Cl2N3O2/c1-17(4-5-18)3-2-11(19)16-12-9(13)6-8(15)7-10(12)14/h6-7,18H,2-5,15H2,1H3,(H,16,19). The van der Waals surface area contributed by atoms with E-state index in [1.165, 1.54) is 12.1 Å². The third-order valence-electron chi connectivity index (χ3n) is 2.53. The lowest BCUT2D eigenvalue weighted by atomic mass is 10.2. The van der Waals surface area contributed by atoms with Gasteiger partial charge in [0.1, 0.15) is 0 Å². The number of carbonyl (C=O) groups excluding carboxylic acids is 1. The number of carbonyl (C=O) groups is 1. The van der Waals surface area contributed by atoms with E-state index in [1.54, 1.807) is 0 Å². The molecule has 0 unspecified atom stereocenters. The number of nitrogens with one attached hydrogen (secondary N) is 1. The summed E-state index contributed by atoms with van der Waals surface area (Å²) >= 11 is 11.9. The molecule has 0 saturated carbocycles. The highest BCUT2D eigenvalue weighted by Crippen LogP contribution is 2.32. The van der Waals surface area contributed by atoms with Gasteiger partial charge in [-0.1, -0.05) is 23.2 Å². The van der Waals surface area contributed by atoms with Crippen LogP contribution in [0, 0.1) is 0 Å². The SMILES string of the molecule is CN(CCO)CCC(=O)Nc1c(Cl)cc(N)cc1Cl. The predicted molar refractivity (Wildman–Crippen MR) is 78.7 cm³/mol. The monoisotopic (exact) mass is 305 g/mol. The van der Waals surface area contributed by atoms with Crippen molar-refractivity contribution in [2.45, 2.75) is 6.42 Å². The Morgan fingerprint density at radius 2 is 1.95 bits per heavy atom. The minimum atomic E-state index is -0.196. The molecule has 0 radical (unpaired) electrons. The Labute approximate surface area is 122 Å². The summed E-state index contributed by atoms with van der Waals surface area (Å²) < 4.78 is 0. The van der Waals surface area contributed by atoms with Gasteiger partial charge in [0.2, 0.25) is 5.91 Å². The lowest BCUT2D eigenvalue weighted by molar-refractivity contribution is -0.116. The molecule has 106 valence electrons. The zero-order valence-electron chi connectivity index (χ0n) is 10.6. The van der Waals surface area contributed by atoms with Crippen molar-refractivity contribution in [3.63, 3.8) is 0 Å². The Balaban J connectivity index is 2.58. The summed E-state index contributed by atoms with van der Waals surface area (Å²) in [6.07, 6.45) is 0.285. The number of aliphatic hydroxyl groups is 1. The number of amides is 1. The van der Waals surface area contributed by atoms with Crippen molar-refractivity contribution in [2.24, 2.45) is 0 Å². The molecule has 0 heterocycles. The van der Waals surface area contributed by atoms with Gasteiger partial charge in [-0.05, 0) is 19.2 Å². The maximum absolute atomic E-state index is 11.8. The molecule has 0 aliphatic rings. The zero-order valence-corrected chi connectivity index (χ0v) is 12.1. The van der Waals surface area contributed by atoms with Gasteiger partial charge in [-0.2, -0.15) is 0 Å². The second-order valence-corrected chi connectivity index (χ2v) is 5.00. The third-order valence-corrected chi connectivity index (χ3v) is 3.13. The molecule has 5 nitrogen and oxygen atoms in total. The lowest BCUT2D eigenvalue weighted by Gasteiger charge is -2.15. The van der Waals surface area contributed by atoms with E-state index in [-0.39, 0.29) is 18.9 Å². The van der Waals surface area contributed by atoms with Crippen LogP contribution in [0.1, 0.15) is 6.42 Å². The fourth-order valence-electron chi connectivity index (χ4n) is 1.49. The molecule has 0 saturated heterocycles. The predicted octanol–water partition coefficient (Wildman–Crippen LogP) is 1.83. The molecule has 1 aromatic carbocycles. The van der Waals surface area contributed by atoms with Crippen LogP contribution in [0.25, 0.3) is 0 Å². The first-order valence-electron chi connectivity index (χ1n) is 5.77. The average Bonchev–Trinajstić information content (AvgIpc) is 2.31. The van der Waals surface area contributed by atoms with Crippen molar-refractivity contribution >= 4 is 40.5 Å². The van der Waals surface area contributed by atoms with Crippen molar-refractivity contribution in [2.75, 3.05) is 37.8 Å². The van der Waals surface area contributed by atoms with Crippen molar-refractivity contribution < 1.29 is 9.90 Å². The van der Waals surface area contributed by atoms with Crippen LogP contribution in [-0.2, 0) is 4.79 Å². The summed E-state index contributed by atoms with van der Waals surface area (Å²) in [5, 5.41) is 12.0. The Kier molecular flexibility index (Phi) is 6.37. The Morgan fingerprint density at radius 3 is 2.47 bits per heavy atom. The van der Waals surface area contributed by atoms with Gasteiger partial charge in [-0.15, -0.1) is 0 Å². The molecule has 19 heavy (non-hydrogen) atoms. The first-order chi connectivity index (χ1) is 8.93. The molecule has 0 aromatic heterocycles. The highest BCUT2D eigenvalue weighted by atomic mass is 35.5. The van der Waals surface area contributed by atoms with E-state index < -0.39 is 0 Å². The van der Waals surface area contributed by atoms with E-state index in [4.69, 9.17) is 34.0 Å². The topological polar surface area (TPSA) is 78.6 Å². The highest BCUT2D eigenvalue weighted by molar-refractivity contribution is 6.40. The number of nitrogen functional groups attached to an aromatic ring is 1. The van der Waals surface area contributed by atoms with Gasteiger partial charge in [0, 0.05) is 25.2 Å². The number of rotatable bonds is 6. The van der Waals surface area contributed by atoms with Gasteiger partial charge < -0.3 is 21.1 Å². The van der Waals surface area contributed by atoms with Gasteiger partial charge in [0.25, 0.3) is 0 Å². The minimum Gasteiger partial charge on any atom is -0.399 e. The Morgan fingerprint density at radius 1 is 1.37 bits per heavy atom. The molecule has 0 aliphatic heterocycles. The van der Waals surface area contributed by atoms with Gasteiger partial charge >= 0.3 is 0 Å². The number of nitrogens with zero attached hydrogens (tertiary/aromatic N) is 1. The summed E-state index contributed by atoms with van der Waals surface area (Å²) in [5.74, 6) is -0.196. The fourth-order valence-corrected chi connectivity index (χ4v) is 2.09. The lowest BCUT2D eigenvalue weighted by Crippen LogP contribution is -2.26. The summed E-state index contributed by atoms with van der Waals surface area (Å²) in [6, 6.07) is 3.06. The average molecular weight is 306 g/mol. The van der Waals surface area contributed by atoms with Gasteiger partial charge in [-0.3, -0.25) is 4.79 Å². The molecule has 0 spiro atoms. The van der Waals surface area contributed by atoms with Crippen LogP contribution in [-0.4, -0.2) is 42.7 Å². The van der Waals surface area contributed by atoms with Crippen LogP contribution in [0.5, 0.6) is 0 Å². The number of nitrogens with two attached hydrogens (primary N) is 1. The van der Waals surface area contributed by atoms with Crippen LogP contribution in [0.3, 0.4) is 0 Å². The van der Waals surface area contributed by atoms with Gasteiger partial charge in [0.05, 0.1) is 22.3 Å². The number of halogens is 2. The number of benzene rings is 1. The molecule has 1 rings (SSSR count). The van der Waals surface area contributed by atoms with Crippen molar-refractivity contribution in [3.05, 3.63) is 22.2 Å². The van der Waals surface area contributed by atoms with Crippen LogP contribution < -0.4 is 11.1 Å². The largest absolute Gasteiger partial charge is 0.399 e. The first kappa shape index (κ1) is 16.0. The molecule has 0 fully saturated rings. The number of hydrogen-bond acceptors (Lipinski definition) is 4. The van der Waals surface area contributed by atoms with Crippen LogP contribution in [0.15, 0.2) is 12.1 Å². The van der Waals surface area contributed by atoms with E-state index in [0.29, 0.717) is 34.5 Å². The van der Waals surface area contributed by atoms with Crippen molar-refractivity contribution in [3.8, 4) is 0 Å².